The van der Waals surface area contributed by atoms with E-state index in [1.54, 1.807) is 7.11 Å². The first kappa shape index (κ1) is 14.0. The fourth-order valence-electron chi connectivity index (χ4n) is 1.80. The van der Waals surface area contributed by atoms with E-state index in [4.69, 9.17) is 4.74 Å². The first-order valence-corrected chi connectivity index (χ1v) is 6.40. The molecule has 0 bridgehead atoms. The van der Waals surface area contributed by atoms with Crippen molar-refractivity contribution in [2.24, 2.45) is 0 Å². The molecule has 0 radical (unpaired) electrons. The van der Waals surface area contributed by atoms with Gasteiger partial charge >= 0.3 is 0 Å². The molecule has 1 atom stereocenters. The first-order valence-electron chi connectivity index (χ1n) is 6.40. The van der Waals surface area contributed by atoms with Crippen LogP contribution >= 0.6 is 0 Å². The number of nitrogens with zero attached hydrogens (tertiary/aromatic N) is 1. The molecule has 3 heteroatoms. The van der Waals surface area contributed by atoms with Gasteiger partial charge < -0.3 is 10.1 Å². The highest BCUT2D eigenvalue weighted by Crippen LogP contribution is 2.13. The van der Waals surface area contributed by atoms with Gasteiger partial charge in [0.1, 0.15) is 5.75 Å². The van der Waals surface area contributed by atoms with Crippen LogP contribution in [0.25, 0.3) is 0 Å². The van der Waals surface area contributed by atoms with Gasteiger partial charge in [-0.2, -0.15) is 0 Å². The average Bonchev–Trinajstić information content (AvgIpc) is 2.33. The minimum absolute atomic E-state index is 0.545. The molecule has 1 aromatic rings. The molecular weight excluding hydrogens is 212 g/mol. The highest BCUT2D eigenvalue weighted by Gasteiger charge is 2.03. The van der Waals surface area contributed by atoms with Gasteiger partial charge in [-0.3, -0.25) is 4.98 Å². The molecule has 0 amide bonds. The molecule has 96 valence electrons. The van der Waals surface area contributed by atoms with Gasteiger partial charge in [-0.1, -0.05) is 19.8 Å². The van der Waals surface area contributed by atoms with E-state index < -0.39 is 0 Å². The molecule has 1 heterocycles. The molecule has 0 aliphatic rings. The lowest BCUT2D eigenvalue weighted by Crippen LogP contribution is -2.25. The van der Waals surface area contributed by atoms with Gasteiger partial charge in [-0.15, -0.1) is 0 Å². The largest absolute Gasteiger partial charge is 0.497 e. The van der Waals surface area contributed by atoms with Crippen LogP contribution in [0.3, 0.4) is 0 Å². The monoisotopic (exact) mass is 236 g/mol. The number of hydrogen-bond donors (Lipinski definition) is 1. The van der Waals surface area contributed by atoms with Crippen LogP contribution in [0, 0.1) is 6.92 Å². The Morgan fingerprint density at radius 2 is 2.18 bits per heavy atom. The number of nitrogens with one attached hydrogen (secondary N) is 1. The third-order valence-electron chi connectivity index (χ3n) is 2.84. The van der Waals surface area contributed by atoms with Crippen LogP contribution in [0.15, 0.2) is 12.1 Å². The second kappa shape index (κ2) is 7.28. The minimum Gasteiger partial charge on any atom is -0.497 e. The zero-order valence-corrected chi connectivity index (χ0v) is 11.4. The number of pyridine rings is 1. The summed E-state index contributed by atoms with van der Waals surface area (Å²) < 4.78 is 5.24. The maximum atomic E-state index is 5.24. The van der Waals surface area contributed by atoms with Crippen LogP contribution in [0.5, 0.6) is 5.75 Å². The predicted octanol–water partition coefficient (Wildman–Crippen LogP) is 3.07. The Kier molecular flexibility index (Phi) is 5.98. The van der Waals surface area contributed by atoms with Crippen molar-refractivity contribution in [3.8, 4) is 5.75 Å². The number of unbranched alkanes of at least 4 members (excludes halogenated alkanes) is 1. The Morgan fingerprint density at radius 1 is 1.41 bits per heavy atom. The summed E-state index contributed by atoms with van der Waals surface area (Å²) in [5.74, 6) is 0.885. The van der Waals surface area contributed by atoms with Gasteiger partial charge in [0.05, 0.1) is 12.8 Å². The molecule has 0 fully saturated rings. The van der Waals surface area contributed by atoms with Crippen molar-refractivity contribution in [2.45, 2.75) is 52.6 Å². The number of aromatic nitrogens is 1. The molecular formula is C14H24N2O. The van der Waals surface area contributed by atoms with Gasteiger partial charge in [0.25, 0.3) is 0 Å². The molecule has 0 saturated heterocycles. The van der Waals surface area contributed by atoms with Gasteiger partial charge in [0.15, 0.2) is 0 Å². The molecule has 1 rings (SSSR count). The molecule has 17 heavy (non-hydrogen) atoms. The van der Waals surface area contributed by atoms with Gasteiger partial charge in [0.2, 0.25) is 0 Å². The molecule has 0 aliphatic heterocycles. The highest BCUT2D eigenvalue weighted by atomic mass is 16.5. The third-order valence-corrected chi connectivity index (χ3v) is 2.84. The second-order valence-electron chi connectivity index (χ2n) is 4.56. The van der Waals surface area contributed by atoms with Crippen molar-refractivity contribution in [3.05, 3.63) is 23.5 Å². The SMILES string of the molecule is CCCCC(C)NCc1cc(OC)cc(C)n1. The highest BCUT2D eigenvalue weighted by molar-refractivity contribution is 5.26. The van der Waals surface area contributed by atoms with Gasteiger partial charge in [-0.05, 0) is 20.3 Å². The molecule has 0 spiro atoms. The molecule has 1 aromatic heterocycles. The fourth-order valence-corrected chi connectivity index (χ4v) is 1.80. The van der Waals surface area contributed by atoms with Crippen LogP contribution in [-0.2, 0) is 6.54 Å². The van der Waals surface area contributed by atoms with E-state index in [2.05, 4.69) is 24.1 Å². The lowest BCUT2D eigenvalue weighted by Gasteiger charge is -2.13. The molecule has 0 aliphatic carbocycles. The van der Waals surface area contributed by atoms with E-state index >= 15 is 0 Å². The Balaban J connectivity index is 2.48. The second-order valence-corrected chi connectivity index (χ2v) is 4.56. The standard InChI is InChI=1S/C14H24N2O/c1-5-6-7-11(2)15-10-13-9-14(17-4)8-12(3)16-13/h8-9,11,15H,5-7,10H2,1-4H3. The normalized spacial score (nSPS) is 12.5. The van der Waals surface area contributed by atoms with Crippen LogP contribution in [-0.4, -0.2) is 18.1 Å². The van der Waals surface area contributed by atoms with E-state index in [-0.39, 0.29) is 0 Å². The summed E-state index contributed by atoms with van der Waals surface area (Å²) >= 11 is 0. The maximum absolute atomic E-state index is 5.24. The van der Waals surface area contributed by atoms with E-state index in [9.17, 15) is 0 Å². The third kappa shape index (κ3) is 5.18. The average molecular weight is 236 g/mol. The summed E-state index contributed by atoms with van der Waals surface area (Å²) in [4.78, 5) is 4.49. The van der Waals surface area contributed by atoms with Crippen molar-refractivity contribution in [2.75, 3.05) is 7.11 Å². The number of hydrogen-bond acceptors (Lipinski definition) is 3. The molecule has 0 saturated carbocycles. The van der Waals surface area contributed by atoms with E-state index in [1.165, 1.54) is 19.3 Å². The lowest BCUT2D eigenvalue weighted by atomic mass is 10.1. The number of ether oxygens (including phenoxy) is 1. The van der Waals surface area contributed by atoms with Crippen LogP contribution in [0.2, 0.25) is 0 Å². The van der Waals surface area contributed by atoms with Crippen molar-refractivity contribution in [3.63, 3.8) is 0 Å². The number of aryl methyl sites for hydroxylation is 1. The Bertz CT molecular complexity index is 339. The summed E-state index contributed by atoms with van der Waals surface area (Å²) in [6, 6.07) is 4.49. The van der Waals surface area contributed by atoms with Crippen LogP contribution < -0.4 is 10.1 Å². The Hall–Kier alpha value is -1.09. The summed E-state index contributed by atoms with van der Waals surface area (Å²) in [5.41, 5.74) is 2.05. The molecule has 1 N–H and O–H groups in total. The van der Waals surface area contributed by atoms with Crippen molar-refractivity contribution in [1.82, 2.24) is 10.3 Å². The quantitative estimate of drug-likeness (QED) is 0.790. The van der Waals surface area contributed by atoms with Crippen molar-refractivity contribution < 1.29 is 4.74 Å². The van der Waals surface area contributed by atoms with E-state index in [0.29, 0.717) is 6.04 Å². The molecule has 3 nitrogen and oxygen atoms in total. The number of methoxy groups -OCH3 is 1. The lowest BCUT2D eigenvalue weighted by molar-refractivity contribution is 0.412. The van der Waals surface area contributed by atoms with Crippen molar-refractivity contribution in [1.29, 1.82) is 0 Å². The topological polar surface area (TPSA) is 34.1 Å². The van der Waals surface area contributed by atoms with Gasteiger partial charge in [0, 0.05) is 30.4 Å². The van der Waals surface area contributed by atoms with Gasteiger partial charge in [-0.25, -0.2) is 0 Å². The van der Waals surface area contributed by atoms with E-state index in [0.717, 1.165) is 23.7 Å². The zero-order valence-electron chi connectivity index (χ0n) is 11.4. The van der Waals surface area contributed by atoms with Crippen LogP contribution in [0.1, 0.15) is 44.5 Å². The minimum atomic E-state index is 0.545. The summed E-state index contributed by atoms with van der Waals surface area (Å²) in [7, 11) is 1.69. The Morgan fingerprint density at radius 3 is 2.82 bits per heavy atom. The smallest absolute Gasteiger partial charge is 0.122 e. The number of rotatable bonds is 7. The summed E-state index contributed by atoms with van der Waals surface area (Å²) in [5, 5.41) is 3.49. The predicted molar refractivity (Wildman–Crippen MR) is 71.4 cm³/mol. The molecule has 1 unspecified atom stereocenters. The van der Waals surface area contributed by atoms with Crippen LogP contribution in [0.4, 0.5) is 0 Å². The molecule has 0 aromatic carbocycles. The zero-order chi connectivity index (χ0) is 12.7. The maximum Gasteiger partial charge on any atom is 0.122 e. The fraction of sp³-hybridized carbons (Fsp3) is 0.643. The Labute approximate surface area is 105 Å². The summed E-state index contributed by atoms with van der Waals surface area (Å²) in [6.07, 6.45) is 3.75. The van der Waals surface area contributed by atoms with E-state index in [1.807, 2.05) is 19.1 Å². The van der Waals surface area contributed by atoms with Crippen molar-refractivity contribution >= 4 is 0 Å². The summed E-state index contributed by atoms with van der Waals surface area (Å²) in [6.45, 7) is 7.25. The first-order chi connectivity index (χ1) is 8.15.